The Bertz CT molecular complexity index is 733. The Hall–Kier alpha value is -1.67. The van der Waals surface area contributed by atoms with Gasteiger partial charge < -0.3 is 10.2 Å². The molecule has 23 heavy (non-hydrogen) atoms. The van der Waals surface area contributed by atoms with E-state index in [0.717, 1.165) is 36.9 Å². The van der Waals surface area contributed by atoms with Gasteiger partial charge in [0.1, 0.15) is 10.5 Å². The monoisotopic (exact) mass is 343 g/mol. The molecule has 3 rings (SSSR count). The molecular formula is C15H16F3N3OS. The second-order valence-electron chi connectivity index (χ2n) is 5.50. The first kappa shape index (κ1) is 16.2. The molecule has 0 bridgehead atoms. The summed E-state index contributed by atoms with van der Waals surface area (Å²) >= 11 is 1.04. The third-order valence-electron chi connectivity index (χ3n) is 3.92. The molecule has 3 heterocycles. The molecule has 1 aliphatic rings. The Balaban J connectivity index is 1.97. The SMILES string of the molecule is Cc1c(C(=O)N2CCCNCC2)sc2nc(C(F)(F)F)ccc12. The van der Waals surface area contributed by atoms with E-state index >= 15 is 0 Å². The van der Waals surface area contributed by atoms with E-state index in [9.17, 15) is 18.0 Å². The Morgan fingerprint density at radius 2 is 2.09 bits per heavy atom. The van der Waals surface area contributed by atoms with Gasteiger partial charge in [0.05, 0.1) is 4.88 Å². The number of halogens is 3. The van der Waals surface area contributed by atoms with E-state index in [4.69, 9.17) is 0 Å². The number of amides is 1. The number of rotatable bonds is 1. The molecule has 1 amide bonds. The molecule has 1 aliphatic heterocycles. The van der Waals surface area contributed by atoms with Gasteiger partial charge in [-0.15, -0.1) is 11.3 Å². The molecule has 8 heteroatoms. The van der Waals surface area contributed by atoms with E-state index in [-0.39, 0.29) is 10.7 Å². The number of fused-ring (bicyclic) bond motifs is 1. The molecule has 0 aromatic carbocycles. The second kappa shape index (κ2) is 6.09. The summed E-state index contributed by atoms with van der Waals surface area (Å²) in [4.78, 5) is 18.9. The van der Waals surface area contributed by atoms with Crippen molar-refractivity contribution in [3.63, 3.8) is 0 Å². The predicted octanol–water partition coefficient (Wildman–Crippen LogP) is 3.06. The van der Waals surface area contributed by atoms with E-state index in [1.165, 1.54) is 6.07 Å². The molecule has 1 saturated heterocycles. The number of nitrogens with one attached hydrogen (secondary N) is 1. The molecule has 1 fully saturated rings. The Kier molecular flexibility index (Phi) is 4.29. The summed E-state index contributed by atoms with van der Waals surface area (Å²) in [6.45, 7) is 4.61. The van der Waals surface area contributed by atoms with Crippen molar-refractivity contribution in [2.45, 2.75) is 19.5 Å². The van der Waals surface area contributed by atoms with E-state index < -0.39 is 11.9 Å². The lowest BCUT2D eigenvalue weighted by molar-refractivity contribution is -0.140. The first-order chi connectivity index (χ1) is 10.9. The summed E-state index contributed by atoms with van der Waals surface area (Å²) in [5.41, 5.74) is -0.224. The van der Waals surface area contributed by atoms with E-state index in [1.54, 1.807) is 11.8 Å². The lowest BCUT2D eigenvalue weighted by atomic mass is 10.1. The minimum absolute atomic E-state index is 0.122. The summed E-state index contributed by atoms with van der Waals surface area (Å²) in [6, 6.07) is 2.36. The molecule has 1 N–H and O–H groups in total. The van der Waals surface area contributed by atoms with Gasteiger partial charge in [-0.2, -0.15) is 13.2 Å². The lowest BCUT2D eigenvalue weighted by Gasteiger charge is -2.19. The zero-order valence-electron chi connectivity index (χ0n) is 12.5. The number of alkyl halides is 3. The van der Waals surface area contributed by atoms with Crippen molar-refractivity contribution in [1.82, 2.24) is 15.2 Å². The highest BCUT2D eigenvalue weighted by atomic mass is 32.1. The summed E-state index contributed by atoms with van der Waals surface area (Å²) in [5.74, 6) is -0.122. The summed E-state index contributed by atoms with van der Waals surface area (Å²) in [5, 5.41) is 3.83. The van der Waals surface area contributed by atoms with Crippen molar-refractivity contribution in [1.29, 1.82) is 0 Å². The molecule has 0 spiro atoms. The van der Waals surface area contributed by atoms with E-state index in [1.807, 2.05) is 0 Å². The van der Waals surface area contributed by atoms with Crippen LogP contribution in [0.5, 0.6) is 0 Å². The van der Waals surface area contributed by atoms with Crippen molar-refractivity contribution in [3.8, 4) is 0 Å². The molecule has 0 radical (unpaired) electrons. The third-order valence-corrected chi connectivity index (χ3v) is 5.11. The van der Waals surface area contributed by atoms with Crippen molar-refractivity contribution in [3.05, 3.63) is 28.3 Å². The van der Waals surface area contributed by atoms with Crippen molar-refractivity contribution in [2.75, 3.05) is 26.2 Å². The first-order valence-corrected chi connectivity index (χ1v) is 8.17. The molecule has 0 atom stereocenters. The van der Waals surface area contributed by atoms with E-state index in [2.05, 4.69) is 10.3 Å². The maximum absolute atomic E-state index is 12.8. The van der Waals surface area contributed by atoms with Crippen LogP contribution in [0.1, 0.15) is 27.3 Å². The highest BCUT2D eigenvalue weighted by Crippen LogP contribution is 2.34. The smallest absolute Gasteiger partial charge is 0.337 e. The molecule has 124 valence electrons. The van der Waals surface area contributed by atoms with Gasteiger partial charge in [0.2, 0.25) is 0 Å². The van der Waals surface area contributed by atoms with Gasteiger partial charge >= 0.3 is 6.18 Å². The van der Waals surface area contributed by atoms with Gasteiger partial charge in [-0.25, -0.2) is 4.98 Å². The fourth-order valence-corrected chi connectivity index (χ4v) is 3.80. The number of aryl methyl sites for hydroxylation is 1. The molecule has 2 aromatic rings. The molecule has 0 saturated carbocycles. The van der Waals surface area contributed by atoms with E-state index in [0.29, 0.717) is 28.9 Å². The topological polar surface area (TPSA) is 45.2 Å². The minimum Gasteiger partial charge on any atom is -0.337 e. The Morgan fingerprint density at radius 3 is 2.83 bits per heavy atom. The van der Waals surface area contributed by atoms with Crippen LogP contribution in [0.3, 0.4) is 0 Å². The van der Waals surface area contributed by atoms with Gasteiger partial charge in [0.15, 0.2) is 0 Å². The van der Waals surface area contributed by atoms with Gasteiger partial charge in [-0.05, 0) is 37.6 Å². The van der Waals surface area contributed by atoms with Crippen molar-refractivity contribution >= 4 is 27.5 Å². The van der Waals surface area contributed by atoms with Crippen LogP contribution in [0.15, 0.2) is 12.1 Å². The fourth-order valence-electron chi connectivity index (χ4n) is 2.65. The number of thiophene rings is 1. The third kappa shape index (κ3) is 3.18. The van der Waals surface area contributed by atoms with Crippen LogP contribution in [0.2, 0.25) is 0 Å². The molecule has 2 aromatic heterocycles. The second-order valence-corrected chi connectivity index (χ2v) is 6.50. The van der Waals surface area contributed by atoms with Gasteiger partial charge in [-0.1, -0.05) is 0 Å². The quantitative estimate of drug-likeness (QED) is 0.866. The Labute approximate surface area is 135 Å². The van der Waals surface area contributed by atoms with Crippen LogP contribution >= 0.6 is 11.3 Å². The Morgan fingerprint density at radius 1 is 1.30 bits per heavy atom. The molecular weight excluding hydrogens is 327 g/mol. The number of nitrogens with zero attached hydrogens (tertiary/aromatic N) is 2. The number of carbonyl (C=O) groups is 1. The zero-order valence-corrected chi connectivity index (χ0v) is 13.4. The number of hydrogen-bond acceptors (Lipinski definition) is 4. The highest BCUT2D eigenvalue weighted by molar-refractivity contribution is 7.20. The largest absolute Gasteiger partial charge is 0.433 e. The number of carbonyl (C=O) groups excluding carboxylic acids is 1. The number of aromatic nitrogens is 1. The average molecular weight is 343 g/mol. The maximum atomic E-state index is 12.8. The van der Waals surface area contributed by atoms with Gasteiger partial charge in [-0.3, -0.25) is 4.79 Å². The normalized spacial score (nSPS) is 16.6. The molecule has 0 aliphatic carbocycles. The first-order valence-electron chi connectivity index (χ1n) is 7.35. The zero-order chi connectivity index (χ0) is 16.6. The summed E-state index contributed by atoms with van der Waals surface area (Å²) in [7, 11) is 0. The van der Waals surface area contributed by atoms with Crippen LogP contribution in [-0.4, -0.2) is 42.0 Å². The average Bonchev–Trinajstić information content (AvgIpc) is 2.68. The van der Waals surface area contributed by atoms with Gasteiger partial charge in [0.25, 0.3) is 5.91 Å². The van der Waals surface area contributed by atoms with Crippen molar-refractivity contribution in [2.24, 2.45) is 0 Å². The fraction of sp³-hybridized carbons (Fsp3) is 0.467. The minimum atomic E-state index is -4.48. The van der Waals surface area contributed by atoms with Crippen LogP contribution in [-0.2, 0) is 6.18 Å². The summed E-state index contributed by atoms with van der Waals surface area (Å²) in [6.07, 6.45) is -3.61. The lowest BCUT2D eigenvalue weighted by Crippen LogP contribution is -2.34. The van der Waals surface area contributed by atoms with Crippen LogP contribution in [0.25, 0.3) is 10.2 Å². The van der Waals surface area contributed by atoms with Gasteiger partial charge in [0, 0.05) is 25.0 Å². The maximum Gasteiger partial charge on any atom is 0.433 e. The van der Waals surface area contributed by atoms with Crippen LogP contribution < -0.4 is 5.32 Å². The predicted molar refractivity (Wildman–Crippen MR) is 82.7 cm³/mol. The highest BCUT2D eigenvalue weighted by Gasteiger charge is 2.33. The number of pyridine rings is 1. The molecule has 0 unspecified atom stereocenters. The molecule has 4 nitrogen and oxygen atoms in total. The van der Waals surface area contributed by atoms with Crippen LogP contribution in [0.4, 0.5) is 13.2 Å². The standard InChI is InChI=1S/C15H16F3N3OS/c1-9-10-3-4-11(15(16,17)18)20-13(10)23-12(9)14(22)21-7-2-5-19-6-8-21/h3-4,19H,2,5-8H2,1H3. The number of hydrogen-bond donors (Lipinski definition) is 1. The van der Waals surface area contributed by atoms with Crippen LogP contribution in [0, 0.1) is 6.92 Å². The summed E-state index contributed by atoms with van der Waals surface area (Å²) < 4.78 is 38.3. The van der Waals surface area contributed by atoms with Crippen molar-refractivity contribution < 1.29 is 18.0 Å².